The van der Waals surface area contributed by atoms with Crippen molar-refractivity contribution in [2.45, 2.75) is 77.4 Å². The predicted octanol–water partition coefficient (Wildman–Crippen LogP) is 6.39. The monoisotopic (exact) mass is 638 g/mol. The number of hydrogen-bond acceptors (Lipinski definition) is 9. The molecule has 1 unspecified atom stereocenters. The zero-order valence-electron chi connectivity index (χ0n) is 26.9. The Labute approximate surface area is 272 Å². The van der Waals surface area contributed by atoms with E-state index in [4.69, 9.17) is 29.2 Å². The molecule has 0 spiro atoms. The first kappa shape index (κ1) is 31.1. The third-order valence-corrected chi connectivity index (χ3v) is 9.10. The number of carbonyl (C=O) groups excluding carboxylic acids is 1. The van der Waals surface area contributed by atoms with Gasteiger partial charge in [0.15, 0.2) is 11.3 Å². The van der Waals surface area contributed by atoms with E-state index in [1.807, 2.05) is 50.2 Å². The molecule has 0 amide bonds. The number of fused-ring (bicyclic) bond motifs is 2. The third-order valence-electron chi connectivity index (χ3n) is 9.10. The van der Waals surface area contributed by atoms with E-state index in [1.165, 1.54) is 12.3 Å². The molecule has 47 heavy (non-hydrogen) atoms. The van der Waals surface area contributed by atoms with E-state index in [0.717, 1.165) is 72.5 Å². The predicted molar refractivity (Wildman–Crippen MR) is 175 cm³/mol. The second kappa shape index (κ2) is 13.3. The molecule has 2 saturated heterocycles. The van der Waals surface area contributed by atoms with Crippen molar-refractivity contribution in [1.82, 2.24) is 29.4 Å². The molecular formula is C36H39FN6O4. The van der Waals surface area contributed by atoms with Crippen molar-refractivity contribution in [3.8, 4) is 5.88 Å². The van der Waals surface area contributed by atoms with Gasteiger partial charge >= 0.3 is 5.97 Å². The Balaban J connectivity index is 1.04. The van der Waals surface area contributed by atoms with Gasteiger partial charge in [-0.3, -0.25) is 9.88 Å². The highest BCUT2D eigenvalue weighted by Crippen LogP contribution is 2.33. The summed E-state index contributed by atoms with van der Waals surface area (Å²) in [5.74, 6) is 1.01. The van der Waals surface area contributed by atoms with Gasteiger partial charge in [0.2, 0.25) is 5.88 Å². The minimum absolute atomic E-state index is 0.0432. The normalized spacial score (nSPS) is 18.0. The average molecular weight is 639 g/mol. The van der Waals surface area contributed by atoms with Crippen LogP contribution < -0.4 is 4.74 Å². The topological polar surface area (TPSA) is 104 Å². The molecule has 2 aliphatic heterocycles. The largest absolute Gasteiger partial charge is 0.473 e. The number of esters is 1. The van der Waals surface area contributed by atoms with Crippen LogP contribution in [0.2, 0.25) is 0 Å². The van der Waals surface area contributed by atoms with Crippen LogP contribution in [0, 0.1) is 5.82 Å². The summed E-state index contributed by atoms with van der Waals surface area (Å²) in [6, 6.07) is 16.7. The highest BCUT2D eigenvalue weighted by atomic mass is 19.1. The third kappa shape index (κ3) is 6.68. The zero-order valence-corrected chi connectivity index (χ0v) is 26.9. The Morgan fingerprint density at radius 3 is 2.60 bits per heavy atom. The van der Waals surface area contributed by atoms with Crippen LogP contribution in [0.15, 0.2) is 60.8 Å². The number of carbonyl (C=O) groups is 1. The van der Waals surface area contributed by atoms with Crippen LogP contribution in [0.5, 0.6) is 5.88 Å². The Morgan fingerprint density at radius 1 is 1.02 bits per heavy atom. The standard InChI is InChI=1S/C36H39FN6O4/c1-22(2)47-36(44)31-11-10-30-35(41-31)43(20-28-14-17-45-28)34(40-30)23(3)42-15-12-24(13-16-42)29-8-5-9-32(39-29)46-21-26-7-4-6-25-18-27(37)19-38-33(25)26/h4-11,18-19,22-24,28H,12-17,20-21H2,1-3H3/t23?,28-/m0/s1. The van der Waals surface area contributed by atoms with Gasteiger partial charge in [0.1, 0.15) is 23.8 Å². The smallest absolute Gasteiger partial charge is 0.357 e. The van der Waals surface area contributed by atoms with Gasteiger partial charge in [-0.1, -0.05) is 24.3 Å². The Bertz CT molecular complexity index is 1900. The summed E-state index contributed by atoms with van der Waals surface area (Å²) in [6.07, 6.45) is 4.01. The highest BCUT2D eigenvalue weighted by molar-refractivity contribution is 5.90. The number of aromatic nitrogens is 5. The average Bonchev–Trinajstić information content (AvgIpc) is 3.42. The lowest BCUT2D eigenvalue weighted by atomic mass is 9.92. The number of hydrogen-bond donors (Lipinski definition) is 0. The van der Waals surface area contributed by atoms with Crippen molar-refractivity contribution in [3.63, 3.8) is 0 Å². The van der Waals surface area contributed by atoms with Gasteiger partial charge in [-0.05, 0) is 77.4 Å². The number of likely N-dealkylation sites (tertiary alicyclic amines) is 1. The molecule has 5 aromatic rings. The molecular weight excluding hydrogens is 599 g/mol. The summed E-state index contributed by atoms with van der Waals surface area (Å²) in [5, 5.41) is 0.744. The fraction of sp³-hybridized carbons (Fsp3) is 0.417. The molecule has 0 saturated carbocycles. The number of para-hydroxylation sites is 1. The molecule has 244 valence electrons. The van der Waals surface area contributed by atoms with Crippen LogP contribution in [0.3, 0.4) is 0 Å². The maximum absolute atomic E-state index is 13.7. The fourth-order valence-electron chi connectivity index (χ4n) is 6.49. The number of benzene rings is 1. The number of halogens is 1. The van der Waals surface area contributed by atoms with Gasteiger partial charge < -0.3 is 18.8 Å². The van der Waals surface area contributed by atoms with E-state index >= 15 is 0 Å². The molecule has 11 heteroatoms. The maximum atomic E-state index is 13.7. The number of imidazole rings is 1. The molecule has 1 aromatic carbocycles. The molecule has 2 atom stereocenters. The van der Waals surface area contributed by atoms with Crippen LogP contribution in [-0.4, -0.2) is 67.3 Å². The minimum Gasteiger partial charge on any atom is -0.473 e. The SMILES string of the molecule is CC(C)OC(=O)c1ccc2nc(C(C)N3CCC(c4cccc(OCc5cccc6cc(F)cnc56)n4)CC3)n(C[C@@H]3CCO3)c2n1. The molecule has 6 heterocycles. The maximum Gasteiger partial charge on any atom is 0.357 e. The van der Waals surface area contributed by atoms with E-state index in [1.54, 1.807) is 6.07 Å². The van der Waals surface area contributed by atoms with E-state index in [2.05, 4.69) is 27.4 Å². The number of pyridine rings is 3. The summed E-state index contributed by atoms with van der Waals surface area (Å²) in [7, 11) is 0. The molecule has 10 nitrogen and oxygen atoms in total. The fourth-order valence-corrected chi connectivity index (χ4v) is 6.49. The number of ether oxygens (including phenoxy) is 3. The first-order valence-electron chi connectivity index (χ1n) is 16.4. The quantitative estimate of drug-likeness (QED) is 0.161. The lowest BCUT2D eigenvalue weighted by Crippen LogP contribution is -2.37. The van der Waals surface area contributed by atoms with E-state index in [-0.39, 0.29) is 29.8 Å². The van der Waals surface area contributed by atoms with Gasteiger partial charge in [0, 0.05) is 35.2 Å². The van der Waals surface area contributed by atoms with E-state index in [9.17, 15) is 9.18 Å². The van der Waals surface area contributed by atoms with Gasteiger partial charge in [-0.25, -0.2) is 24.1 Å². The van der Waals surface area contributed by atoms with Crippen LogP contribution in [0.4, 0.5) is 4.39 Å². The molecule has 7 rings (SSSR count). The van der Waals surface area contributed by atoms with E-state index < -0.39 is 5.97 Å². The summed E-state index contributed by atoms with van der Waals surface area (Å²) in [5.41, 5.74) is 4.36. The van der Waals surface area contributed by atoms with Crippen molar-refractivity contribution < 1.29 is 23.4 Å². The minimum atomic E-state index is -0.434. The molecule has 0 bridgehead atoms. The molecule has 0 radical (unpaired) electrons. The van der Waals surface area contributed by atoms with Crippen LogP contribution in [-0.2, 0) is 22.6 Å². The Kier molecular flexibility index (Phi) is 8.83. The summed E-state index contributed by atoms with van der Waals surface area (Å²) in [4.78, 5) is 34.0. The second-order valence-electron chi connectivity index (χ2n) is 12.7. The zero-order chi connectivity index (χ0) is 32.5. The van der Waals surface area contributed by atoms with Crippen LogP contribution in [0.1, 0.15) is 79.6 Å². The van der Waals surface area contributed by atoms with Gasteiger partial charge in [0.05, 0.1) is 36.5 Å². The molecule has 2 fully saturated rings. The Hall–Kier alpha value is -4.48. The van der Waals surface area contributed by atoms with Crippen molar-refractivity contribution in [1.29, 1.82) is 0 Å². The number of piperidine rings is 1. The van der Waals surface area contributed by atoms with Gasteiger partial charge in [-0.15, -0.1) is 0 Å². The number of nitrogens with zero attached hydrogens (tertiary/aromatic N) is 6. The second-order valence-corrected chi connectivity index (χ2v) is 12.7. The van der Waals surface area contributed by atoms with Crippen LogP contribution >= 0.6 is 0 Å². The van der Waals surface area contributed by atoms with E-state index in [0.29, 0.717) is 30.6 Å². The van der Waals surface area contributed by atoms with Crippen molar-refractivity contribution in [2.75, 3.05) is 19.7 Å². The van der Waals surface area contributed by atoms with Gasteiger partial charge in [-0.2, -0.15) is 0 Å². The van der Waals surface area contributed by atoms with Gasteiger partial charge in [0.25, 0.3) is 0 Å². The first-order valence-corrected chi connectivity index (χ1v) is 16.4. The first-order chi connectivity index (χ1) is 22.8. The number of rotatable bonds is 10. The van der Waals surface area contributed by atoms with Crippen molar-refractivity contribution in [3.05, 3.63) is 89.4 Å². The molecule has 4 aromatic heterocycles. The van der Waals surface area contributed by atoms with Crippen molar-refractivity contribution in [2.24, 2.45) is 0 Å². The summed E-state index contributed by atoms with van der Waals surface area (Å²) in [6.45, 7) is 9.32. The lowest BCUT2D eigenvalue weighted by Gasteiger charge is -2.36. The molecule has 2 aliphatic rings. The molecule has 0 N–H and O–H groups in total. The van der Waals surface area contributed by atoms with Crippen molar-refractivity contribution >= 4 is 28.0 Å². The Morgan fingerprint density at radius 2 is 1.83 bits per heavy atom. The summed E-state index contributed by atoms with van der Waals surface area (Å²) >= 11 is 0. The van der Waals surface area contributed by atoms with Crippen LogP contribution in [0.25, 0.3) is 22.1 Å². The highest BCUT2D eigenvalue weighted by Gasteiger charge is 2.30. The summed E-state index contributed by atoms with van der Waals surface area (Å²) < 4.78 is 33.1. The molecule has 0 aliphatic carbocycles. The lowest BCUT2D eigenvalue weighted by molar-refractivity contribution is -0.0595.